The fourth-order valence-electron chi connectivity index (χ4n) is 1.25. The van der Waals surface area contributed by atoms with Gasteiger partial charge in [-0.25, -0.2) is 15.2 Å². The van der Waals surface area contributed by atoms with E-state index in [4.69, 9.17) is 10.6 Å². The Morgan fingerprint density at radius 2 is 2.39 bits per heavy atom. The van der Waals surface area contributed by atoms with Crippen molar-refractivity contribution in [2.75, 3.05) is 0 Å². The van der Waals surface area contributed by atoms with Gasteiger partial charge in [0.1, 0.15) is 18.2 Å². The van der Waals surface area contributed by atoms with Crippen LogP contribution in [-0.4, -0.2) is 10.9 Å². The molecular formula is C11H10FN3O2S. The standard InChI is InChI=1S/C11H10FN3O2S/c12-7-2-1-3-9(4-7)17-5-8-6-18-11(14-8)10(16)15-13/h1-4,6H,5,13H2,(H,15,16). The number of aromatic nitrogens is 1. The summed E-state index contributed by atoms with van der Waals surface area (Å²) in [5, 5.41) is 1.94. The summed E-state index contributed by atoms with van der Waals surface area (Å²) >= 11 is 1.16. The second kappa shape index (κ2) is 5.56. The van der Waals surface area contributed by atoms with Crippen LogP contribution in [0.25, 0.3) is 0 Å². The van der Waals surface area contributed by atoms with Crippen LogP contribution in [0.2, 0.25) is 0 Å². The fraction of sp³-hybridized carbons (Fsp3) is 0.0909. The predicted molar refractivity (Wildman–Crippen MR) is 64.5 cm³/mol. The number of carbonyl (C=O) groups excluding carboxylic acids is 1. The number of carbonyl (C=O) groups is 1. The van der Waals surface area contributed by atoms with Gasteiger partial charge in [-0.15, -0.1) is 11.3 Å². The molecule has 94 valence electrons. The van der Waals surface area contributed by atoms with Gasteiger partial charge in [0.2, 0.25) is 0 Å². The minimum Gasteiger partial charge on any atom is -0.487 e. The van der Waals surface area contributed by atoms with Gasteiger partial charge >= 0.3 is 0 Å². The zero-order chi connectivity index (χ0) is 13.0. The monoisotopic (exact) mass is 267 g/mol. The Morgan fingerprint density at radius 3 is 3.11 bits per heavy atom. The number of nitrogens with one attached hydrogen (secondary N) is 1. The highest BCUT2D eigenvalue weighted by Gasteiger charge is 2.09. The molecule has 2 rings (SSSR count). The summed E-state index contributed by atoms with van der Waals surface area (Å²) in [5.41, 5.74) is 2.58. The summed E-state index contributed by atoms with van der Waals surface area (Å²) in [6.07, 6.45) is 0. The van der Waals surface area contributed by atoms with Crippen molar-refractivity contribution in [3.05, 3.63) is 46.2 Å². The summed E-state index contributed by atoms with van der Waals surface area (Å²) in [4.78, 5) is 15.2. The largest absolute Gasteiger partial charge is 0.487 e. The normalized spacial score (nSPS) is 10.1. The summed E-state index contributed by atoms with van der Waals surface area (Å²) in [6, 6.07) is 5.81. The maximum absolute atomic E-state index is 12.9. The SMILES string of the molecule is NNC(=O)c1nc(COc2cccc(F)c2)cs1. The summed E-state index contributed by atoms with van der Waals surface area (Å²) in [7, 11) is 0. The van der Waals surface area contributed by atoms with Gasteiger partial charge in [0.25, 0.3) is 5.91 Å². The molecule has 0 saturated heterocycles. The summed E-state index contributed by atoms with van der Waals surface area (Å²) in [5.74, 6) is 4.59. The first-order valence-electron chi connectivity index (χ1n) is 5.03. The molecular weight excluding hydrogens is 257 g/mol. The molecule has 0 aliphatic rings. The number of nitrogens with zero attached hydrogens (tertiary/aromatic N) is 1. The van der Waals surface area contributed by atoms with Crippen LogP contribution in [0, 0.1) is 5.82 Å². The van der Waals surface area contributed by atoms with E-state index in [0.29, 0.717) is 11.4 Å². The number of nitrogens with two attached hydrogens (primary N) is 1. The van der Waals surface area contributed by atoms with Crippen LogP contribution in [0.5, 0.6) is 5.75 Å². The van der Waals surface area contributed by atoms with Crippen LogP contribution in [0.4, 0.5) is 4.39 Å². The molecule has 0 spiro atoms. The molecule has 18 heavy (non-hydrogen) atoms. The Morgan fingerprint density at radius 1 is 1.56 bits per heavy atom. The van der Waals surface area contributed by atoms with E-state index >= 15 is 0 Å². The quantitative estimate of drug-likeness (QED) is 0.499. The number of halogens is 1. The molecule has 0 fully saturated rings. The molecule has 0 aliphatic heterocycles. The second-order valence-corrected chi connectivity index (χ2v) is 4.22. The molecule has 7 heteroatoms. The van der Waals surface area contributed by atoms with Crippen molar-refractivity contribution in [2.45, 2.75) is 6.61 Å². The van der Waals surface area contributed by atoms with E-state index in [2.05, 4.69) is 4.98 Å². The van der Waals surface area contributed by atoms with Crippen LogP contribution in [0.3, 0.4) is 0 Å². The molecule has 0 saturated carbocycles. The highest BCUT2D eigenvalue weighted by molar-refractivity contribution is 7.11. The first-order chi connectivity index (χ1) is 8.69. The Bertz CT molecular complexity index is 559. The van der Waals surface area contributed by atoms with Crippen molar-refractivity contribution < 1.29 is 13.9 Å². The third-order valence-corrected chi connectivity index (χ3v) is 2.95. The lowest BCUT2D eigenvalue weighted by Gasteiger charge is -2.03. The highest BCUT2D eigenvalue weighted by Crippen LogP contribution is 2.15. The summed E-state index contributed by atoms with van der Waals surface area (Å²) < 4.78 is 18.2. The number of amides is 1. The van der Waals surface area contributed by atoms with E-state index in [1.165, 1.54) is 12.1 Å². The van der Waals surface area contributed by atoms with Crippen molar-refractivity contribution >= 4 is 17.2 Å². The number of hydrogen-bond acceptors (Lipinski definition) is 5. The molecule has 1 aromatic carbocycles. The zero-order valence-electron chi connectivity index (χ0n) is 9.22. The van der Waals surface area contributed by atoms with Gasteiger partial charge in [-0.05, 0) is 12.1 Å². The Labute approximate surface area is 106 Å². The second-order valence-electron chi connectivity index (χ2n) is 3.36. The number of benzene rings is 1. The van der Waals surface area contributed by atoms with Crippen LogP contribution in [0.15, 0.2) is 29.6 Å². The number of hydrazine groups is 1. The van der Waals surface area contributed by atoms with Crippen molar-refractivity contribution in [3.8, 4) is 5.75 Å². The number of ether oxygens (including phenoxy) is 1. The van der Waals surface area contributed by atoms with Crippen LogP contribution >= 0.6 is 11.3 Å². The van der Waals surface area contributed by atoms with Gasteiger partial charge in [-0.3, -0.25) is 10.2 Å². The Hall–Kier alpha value is -1.99. The molecule has 1 amide bonds. The molecule has 0 radical (unpaired) electrons. The third-order valence-electron chi connectivity index (χ3n) is 2.06. The number of thiazole rings is 1. The minimum atomic E-state index is -0.447. The first kappa shape index (κ1) is 12.5. The van der Waals surface area contributed by atoms with E-state index in [9.17, 15) is 9.18 Å². The average molecular weight is 267 g/mol. The van der Waals surface area contributed by atoms with Gasteiger partial charge in [-0.1, -0.05) is 6.07 Å². The third kappa shape index (κ3) is 3.02. The van der Waals surface area contributed by atoms with Gasteiger partial charge < -0.3 is 4.74 Å². The van der Waals surface area contributed by atoms with Gasteiger partial charge in [0, 0.05) is 11.4 Å². The molecule has 5 nitrogen and oxygen atoms in total. The van der Waals surface area contributed by atoms with Gasteiger partial charge in [-0.2, -0.15) is 0 Å². The first-order valence-corrected chi connectivity index (χ1v) is 5.90. The van der Waals surface area contributed by atoms with E-state index in [-0.39, 0.29) is 17.4 Å². The zero-order valence-corrected chi connectivity index (χ0v) is 10.0. The molecule has 0 atom stereocenters. The minimum absolute atomic E-state index is 0.164. The molecule has 3 N–H and O–H groups in total. The lowest BCUT2D eigenvalue weighted by molar-refractivity contribution is 0.0953. The van der Waals surface area contributed by atoms with E-state index in [1.807, 2.05) is 5.43 Å². The molecule has 1 aromatic heterocycles. The molecule has 0 aliphatic carbocycles. The maximum Gasteiger partial charge on any atom is 0.294 e. The summed E-state index contributed by atoms with van der Waals surface area (Å²) in [6.45, 7) is 0.164. The smallest absolute Gasteiger partial charge is 0.294 e. The lowest BCUT2D eigenvalue weighted by atomic mass is 10.3. The topological polar surface area (TPSA) is 77.2 Å². The number of rotatable bonds is 4. The average Bonchev–Trinajstić information content (AvgIpc) is 2.84. The van der Waals surface area contributed by atoms with Gasteiger partial charge in [0.15, 0.2) is 5.01 Å². The van der Waals surface area contributed by atoms with Crippen molar-refractivity contribution in [1.29, 1.82) is 0 Å². The number of hydrogen-bond donors (Lipinski definition) is 2. The van der Waals surface area contributed by atoms with Crippen molar-refractivity contribution in [1.82, 2.24) is 10.4 Å². The predicted octanol–water partition coefficient (Wildman–Crippen LogP) is 1.46. The van der Waals surface area contributed by atoms with Crippen LogP contribution in [-0.2, 0) is 6.61 Å². The molecule has 1 heterocycles. The Balaban J connectivity index is 1.98. The Kier molecular flexibility index (Phi) is 3.85. The van der Waals surface area contributed by atoms with E-state index in [0.717, 1.165) is 11.3 Å². The molecule has 0 bridgehead atoms. The van der Waals surface area contributed by atoms with E-state index < -0.39 is 5.91 Å². The van der Waals surface area contributed by atoms with Crippen LogP contribution < -0.4 is 16.0 Å². The molecule has 0 unspecified atom stereocenters. The van der Waals surface area contributed by atoms with E-state index in [1.54, 1.807) is 17.5 Å². The highest BCUT2D eigenvalue weighted by atomic mass is 32.1. The lowest BCUT2D eigenvalue weighted by Crippen LogP contribution is -2.29. The van der Waals surface area contributed by atoms with Crippen molar-refractivity contribution in [2.24, 2.45) is 5.84 Å². The van der Waals surface area contributed by atoms with Crippen LogP contribution in [0.1, 0.15) is 15.5 Å². The number of nitrogen functional groups attached to an aromatic ring is 1. The van der Waals surface area contributed by atoms with Crippen molar-refractivity contribution in [3.63, 3.8) is 0 Å². The fourth-order valence-corrected chi connectivity index (χ4v) is 1.96. The molecule has 2 aromatic rings. The maximum atomic E-state index is 12.9. The van der Waals surface area contributed by atoms with Gasteiger partial charge in [0.05, 0.1) is 5.69 Å².